The van der Waals surface area contributed by atoms with Crippen LogP contribution in [-0.4, -0.2) is 28.6 Å². The maximum Gasteiger partial charge on any atom is 0.335 e. The molecule has 0 N–H and O–H groups in total. The number of alkyl halides is 1. The summed E-state index contributed by atoms with van der Waals surface area (Å²) in [5, 5.41) is 10.6. The molecule has 8 heteroatoms. The number of nitro groups is 1. The average molecular weight is 326 g/mol. The Hall–Kier alpha value is -0.920. The van der Waals surface area contributed by atoms with Gasteiger partial charge in [-0.25, -0.2) is 0 Å². The molecule has 1 aromatic rings. The van der Waals surface area contributed by atoms with Gasteiger partial charge in [-0.05, 0) is 15.9 Å². The second-order valence-electron chi connectivity index (χ2n) is 3.10. The highest BCUT2D eigenvalue weighted by atomic mass is 79.9. The van der Waals surface area contributed by atoms with Gasteiger partial charge in [0.15, 0.2) is 0 Å². The molecule has 0 radical (unpaired) electrons. The van der Waals surface area contributed by atoms with E-state index in [1.54, 1.807) is 0 Å². The number of aromatic nitrogens is 1. The third-order valence-electron chi connectivity index (χ3n) is 1.93. The molecule has 0 bridgehead atoms. The molecule has 0 saturated heterocycles. The van der Waals surface area contributed by atoms with E-state index in [2.05, 4.69) is 15.9 Å². The van der Waals surface area contributed by atoms with Crippen LogP contribution >= 0.6 is 27.5 Å². The van der Waals surface area contributed by atoms with Crippen molar-refractivity contribution in [2.75, 3.05) is 19.1 Å². The summed E-state index contributed by atoms with van der Waals surface area (Å²) in [5.41, 5.74) is -1.11. The summed E-state index contributed by atoms with van der Waals surface area (Å²) in [7, 11) is 0. The van der Waals surface area contributed by atoms with Crippen molar-refractivity contribution in [1.82, 2.24) is 4.57 Å². The monoisotopic (exact) mass is 324 g/mol. The lowest BCUT2D eigenvalue weighted by atomic mass is 10.4. The summed E-state index contributed by atoms with van der Waals surface area (Å²) < 4.78 is 6.81. The standard InChI is InChI=1S/C9H10BrClN2O4/c10-7-5-8(13(15)16)9(14)12(6-7)2-4-17-3-1-11/h5-6H,1-4H2. The Bertz CT molecular complexity index is 463. The van der Waals surface area contributed by atoms with Crippen LogP contribution in [0.25, 0.3) is 0 Å². The fraction of sp³-hybridized carbons (Fsp3) is 0.444. The molecule has 0 atom stereocenters. The van der Waals surface area contributed by atoms with Crippen LogP contribution < -0.4 is 5.56 Å². The lowest BCUT2D eigenvalue weighted by Crippen LogP contribution is -2.24. The van der Waals surface area contributed by atoms with E-state index in [1.807, 2.05) is 0 Å². The van der Waals surface area contributed by atoms with Crippen LogP contribution in [0.5, 0.6) is 0 Å². The minimum atomic E-state index is -0.705. The Kier molecular flexibility index (Phi) is 5.60. The first-order valence-corrected chi connectivity index (χ1v) is 6.07. The highest BCUT2D eigenvalue weighted by Crippen LogP contribution is 2.13. The molecule has 1 rings (SSSR count). The topological polar surface area (TPSA) is 74.4 Å². The minimum Gasteiger partial charge on any atom is -0.378 e. The summed E-state index contributed by atoms with van der Waals surface area (Å²) in [4.78, 5) is 21.6. The molecule has 0 amide bonds. The van der Waals surface area contributed by atoms with Crippen LogP contribution in [-0.2, 0) is 11.3 Å². The zero-order chi connectivity index (χ0) is 12.8. The lowest BCUT2D eigenvalue weighted by molar-refractivity contribution is -0.386. The SMILES string of the molecule is O=c1c([N+](=O)[O-])cc(Br)cn1CCOCCCl. The fourth-order valence-corrected chi connectivity index (χ4v) is 1.77. The predicted octanol–water partition coefficient (Wildman–Crippen LogP) is 1.77. The van der Waals surface area contributed by atoms with Crippen molar-refractivity contribution < 1.29 is 9.66 Å². The van der Waals surface area contributed by atoms with Gasteiger partial charge < -0.3 is 9.30 Å². The molecule has 1 aromatic heterocycles. The molecule has 6 nitrogen and oxygen atoms in total. The fourth-order valence-electron chi connectivity index (χ4n) is 1.20. The van der Waals surface area contributed by atoms with Crippen molar-refractivity contribution in [2.45, 2.75) is 6.54 Å². The molecule has 0 unspecified atom stereocenters. The van der Waals surface area contributed by atoms with Gasteiger partial charge in [0, 0.05) is 29.2 Å². The Morgan fingerprint density at radius 3 is 2.82 bits per heavy atom. The first-order chi connectivity index (χ1) is 8.06. The third kappa shape index (κ3) is 4.10. The molecular formula is C9H10BrClN2O4. The van der Waals surface area contributed by atoms with E-state index in [9.17, 15) is 14.9 Å². The Labute approximate surface area is 110 Å². The first kappa shape index (κ1) is 14.1. The number of nitrogens with zero attached hydrogens (tertiary/aromatic N) is 2. The molecular weight excluding hydrogens is 315 g/mol. The molecule has 0 saturated carbocycles. The van der Waals surface area contributed by atoms with Crippen molar-refractivity contribution in [3.8, 4) is 0 Å². The molecule has 1 heterocycles. The van der Waals surface area contributed by atoms with Crippen LogP contribution in [0.15, 0.2) is 21.5 Å². The molecule has 0 aliphatic rings. The normalized spacial score (nSPS) is 10.5. The average Bonchev–Trinajstić information content (AvgIpc) is 2.28. The highest BCUT2D eigenvalue weighted by Gasteiger charge is 2.15. The Morgan fingerprint density at radius 1 is 1.53 bits per heavy atom. The van der Waals surface area contributed by atoms with Crippen LogP contribution in [0.3, 0.4) is 0 Å². The van der Waals surface area contributed by atoms with Gasteiger partial charge in [-0.1, -0.05) is 0 Å². The number of pyridine rings is 1. The van der Waals surface area contributed by atoms with Crippen molar-refractivity contribution in [2.24, 2.45) is 0 Å². The van der Waals surface area contributed by atoms with E-state index in [1.165, 1.54) is 16.8 Å². The largest absolute Gasteiger partial charge is 0.378 e. The number of hydrogen-bond acceptors (Lipinski definition) is 4. The van der Waals surface area contributed by atoms with Crippen molar-refractivity contribution in [3.05, 3.63) is 37.2 Å². The van der Waals surface area contributed by atoms with Gasteiger partial charge in [-0.3, -0.25) is 14.9 Å². The van der Waals surface area contributed by atoms with Gasteiger partial charge in [0.25, 0.3) is 0 Å². The zero-order valence-corrected chi connectivity index (χ0v) is 11.1. The van der Waals surface area contributed by atoms with Crippen molar-refractivity contribution >= 4 is 33.2 Å². The Balaban J connectivity index is 2.85. The van der Waals surface area contributed by atoms with Crippen LogP contribution in [0.1, 0.15) is 0 Å². The van der Waals surface area contributed by atoms with Crippen LogP contribution in [0.4, 0.5) is 5.69 Å². The van der Waals surface area contributed by atoms with Gasteiger partial charge in [0.1, 0.15) is 0 Å². The van der Waals surface area contributed by atoms with Crippen molar-refractivity contribution in [1.29, 1.82) is 0 Å². The molecule has 0 spiro atoms. The number of hydrogen-bond donors (Lipinski definition) is 0. The smallest absolute Gasteiger partial charge is 0.335 e. The summed E-state index contributed by atoms with van der Waals surface area (Å²) in [5.74, 6) is 0.369. The van der Waals surface area contributed by atoms with Crippen LogP contribution in [0.2, 0.25) is 0 Å². The molecule has 94 valence electrons. The van der Waals surface area contributed by atoms with E-state index < -0.39 is 16.2 Å². The predicted molar refractivity (Wildman–Crippen MR) is 66.6 cm³/mol. The molecule has 0 aromatic carbocycles. The van der Waals surface area contributed by atoms with Crippen LogP contribution in [0, 0.1) is 10.1 Å². The zero-order valence-electron chi connectivity index (χ0n) is 8.77. The molecule has 17 heavy (non-hydrogen) atoms. The quantitative estimate of drug-likeness (QED) is 0.346. The van der Waals surface area contributed by atoms with E-state index in [0.717, 1.165) is 0 Å². The second kappa shape index (κ2) is 6.73. The Morgan fingerprint density at radius 2 is 2.24 bits per heavy atom. The third-order valence-corrected chi connectivity index (χ3v) is 2.52. The van der Waals surface area contributed by atoms with Gasteiger partial charge in [0.2, 0.25) is 0 Å². The number of ether oxygens (including phenoxy) is 1. The minimum absolute atomic E-state index is 0.246. The van der Waals surface area contributed by atoms with Crippen molar-refractivity contribution in [3.63, 3.8) is 0 Å². The van der Waals surface area contributed by atoms with E-state index >= 15 is 0 Å². The number of halogens is 2. The highest BCUT2D eigenvalue weighted by molar-refractivity contribution is 9.10. The summed E-state index contributed by atoms with van der Waals surface area (Å²) in [6.45, 7) is 0.905. The summed E-state index contributed by atoms with van der Waals surface area (Å²) >= 11 is 8.53. The molecule has 0 aliphatic heterocycles. The van der Waals surface area contributed by atoms with Gasteiger partial charge in [-0.15, -0.1) is 11.6 Å². The van der Waals surface area contributed by atoms with Gasteiger partial charge in [0.05, 0.1) is 18.1 Å². The van der Waals surface area contributed by atoms with Gasteiger partial charge in [-0.2, -0.15) is 0 Å². The lowest BCUT2D eigenvalue weighted by Gasteiger charge is -2.06. The van der Waals surface area contributed by atoms with E-state index in [-0.39, 0.29) is 13.2 Å². The van der Waals surface area contributed by atoms with Gasteiger partial charge >= 0.3 is 11.2 Å². The maximum atomic E-state index is 11.6. The second-order valence-corrected chi connectivity index (χ2v) is 4.39. The summed E-state index contributed by atoms with van der Waals surface area (Å²) in [6, 6.07) is 1.18. The van der Waals surface area contributed by atoms with E-state index in [4.69, 9.17) is 16.3 Å². The van der Waals surface area contributed by atoms with E-state index in [0.29, 0.717) is 17.0 Å². The molecule has 0 aliphatic carbocycles. The number of rotatable bonds is 6. The molecule has 0 fully saturated rings. The summed E-state index contributed by atoms with van der Waals surface area (Å²) in [6.07, 6.45) is 1.49. The maximum absolute atomic E-state index is 11.6. The first-order valence-electron chi connectivity index (χ1n) is 4.74.